The minimum absolute atomic E-state index is 0.103. The minimum atomic E-state index is -1.20. The Morgan fingerprint density at radius 2 is 1.36 bits per heavy atom. The number of fused-ring (bicyclic) bond motifs is 5. The zero-order chi connectivity index (χ0) is 43.6. The van der Waals surface area contributed by atoms with E-state index in [1.165, 1.54) is 94.0 Å². The van der Waals surface area contributed by atoms with Crippen molar-refractivity contribution in [1.82, 2.24) is 20.4 Å². The first-order valence-corrected chi connectivity index (χ1v) is 21.5. The Balaban J connectivity index is 1.61. The predicted octanol–water partition coefficient (Wildman–Crippen LogP) is 6.29. The number of aliphatic hydroxyl groups is 1. The Morgan fingerprint density at radius 3 is 1.97 bits per heavy atom. The molecule has 2 aromatic rings. The molecule has 0 spiro atoms. The molecule has 0 aromatic heterocycles. The number of nitrogens with one attached hydrogen (secondary N) is 2. The number of aromatic hydroxyl groups is 2. The number of rotatable bonds is 21. The molecule has 13 heteroatoms. The van der Waals surface area contributed by atoms with Gasteiger partial charge >= 0.3 is 0 Å². The van der Waals surface area contributed by atoms with Gasteiger partial charge in [0, 0.05) is 62.9 Å². The van der Waals surface area contributed by atoms with Gasteiger partial charge in [-0.3, -0.25) is 28.8 Å². The maximum absolute atomic E-state index is 14.0. The fourth-order valence-corrected chi connectivity index (χ4v) is 7.62. The molecule has 59 heavy (non-hydrogen) atoms. The van der Waals surface area contributed by atoms with Crippen LogP contribution in [-0.2, 0) is 35.2 Å². The van der Waals surface area contributed by atoms with E-state index in [0.29, 0.717) is 24.0 Å². The maximum atomic E-state index is 14.0. The molecule has 13 nitrogen and oxygen atoms in total. The summed E-state index contributed by atoms with van der Waals surface area (Å²) in [6, 6.07) is 5.66. The highest BCUT2D eigenvalue weighted by Crippen LogP contribution is 2.39. The van der Waals surface area contributed by atoms with Crippen LogP contribution in [0.5, 0.6) is 11.5 Å². The Kier molecular flexibility index (Phi) is 20.0. The number of ketones is 2. The Morgan fingerprint density at radius 1 is 0.780 bits per heavy atom. The molecule has 0 fully saturated rings. The minimum Gasteiger partial charge on any atom is -0.507 e. The first-order chi connectivity index (χ1) is 28.1. The smallest absolute Gasteiger partial charge is 0.245 e. The van der Waals surface area contributed by atoms with Gasteiger partial charge in [0.1, 0.15) is 23.6 Å². The number of aliphatic hydroxyl groups excluding tert-OH is 1. The highest BCUT2D eigenvalue weighted by atomic mass is 16.3. The van der Waals surface area contributed by atoms with E-state index in [4.69, 9.17) is 0 Å². The average Bonchev–Trinajstić information content (AvgIpc) is 3.19. The summed E-state index contributed by atoms with van der Waals surface area (Å²) in [7, 11) is 2.88. The van der Waals surface area contributed by atoms with Gasteiger partial charge in [-0.1, -0.05) is 90.2 Å². The summed E-state index contributed by atoms with van der Waals surface area (Å²) >= 11 is 0. The second-order valence-corrected chi connectivity index (χ2v) is 16.4. The predicted molar refractivity (Wildman–Crippen MR) is 227 cm³/mol. The molecule has 4 amide bonds. The fraction of sp³-hybridized carbons (Fsp3) is 0.609. The van der Waals surface area contributed by atoms with Crippen LogP contribution in [0.4, 0.5) is 0 Å². The molecule has 326 valence electrons. The van der Waals surface area contributed by atoms with Crippen molar-refractivity contribution in [3.05, 3.63) is 47.5 Å². The Hall–Kier alpha value is -4.78. The highest BCUT2D eigenvalue weighted by Gasteiger charge is 2.33. The lowest BCUT2D eigenvalue weighted by atomic mass is 9.90. The first kappa shape index (κ1) is 48.6. The topological polar surface area (TPSA) is 194 Å². The van der Waals surface area contributed by atoms with E-state index in [0.717, 1.165) is 24.8 Å². The second kappa shape index (κ2) is 24.3. The largest absolute Gasteiger partial charge is 0.507 e. The number of phenolic OH excluding ortho intramolecular Hbond substituents is 2. The summed E-state index contributed by atoms with van der Waals surface area (Å²) in [5.41, 5.74) is 1.71. The molecule has 0 aliphatic carbocycles. The molecule has 1 heterocycles. The number of unbranched alkanes of at least 4 members (excludes halogenated alkanes) is 10. The summed E-state index contributed by atoms with van der Waals surface area (Å²) in [4.78, 5) is 82.4. The number of nitrogens with zero attached hydrogens (tertiary/aromatic N) is 2. The van der Waals surface area contributed by atoms with Crippen LogP contribution in [-0.4, -0.2) is 99.1 Å². The third-order valence-electron chi connectivity index (χ3n) is 11.4. The number of carbonyl (C=O) groups is 6. The van der Waals surface area contributed by atoms with Crippen molar-refractivity contribution in [2.45, 2.75) is 155 Å². The van der Waals surface area contributed by atoms with Crippen molar-refractivity contribution in [1.29, 1.82) is 0 Å². The Bertz CT molecular complexity index is 1750. The van der Waals surface area contributed by atoms with Crippen molar-refractivity contribution >= 4 is 35.2 Å². The number of Topliss-reactive ketones (excluding diaryl/α,β-unsaturated/α-hetero) is 2. The lowest BCUT2D eigenvalue weighted by molar-refractivity contribution is -0.141. The molecular weight excluding hydrogens is 753 g/mol. The monoisotopic (exact) mass is 820 g/mol. The standard InChI is InChI=1S/C46H68N4O9/c1-7-8-9-10-11-12-13-14-15-16-17-18-42(56)49(5)37(29-51)46(59)48-32(4)38(52)23-24-43(57)50(6)44-34-20-22-40(54)36(28-34)35-27-33(19-21-39(35)53)26-31(3)47-45(58)30(2)25-41(44)55/h19-22,27-28,30-32,37,44,51,53-54H,7-18,23-26,29H2,1-6H3,(H,47,58)(H,48,59)/t30-,31-,32-,37-,44+/m1/s1. The molecule has 1 aliphatic rings. The summed E-state index contributed by atoms with van der Waals surface area (Å²) in [5, 5.41) is 37.2. The van der Waals surface area contributed by atoms with Crippen molar-refractivity contribution in [2.75, 3.05) is 20.7 Å². The van der Waals surface area contributed by atoms with Gasteiger partial charge in [-0.05, 0) is 62.1 Å². The van der Waals surface area contributed by atoms with Crippen LogP contribution in [0.2, 0.25) is 0 Å². The molecule has 2 aromatic carbocycles. The molecule has 0 saturated heterocycles. The summed E-state index contributed by atoms with van der Waals surface area (Å²) in [6.45, 7) is 6.51. The van der Waals surface area contributed by atoms with Crippen molar-refractivity contribution in [2.24, 2.45) is 5.92 Å². The first-order valence-electron chi connectivity index (χ1n) is 21.5. The average molecular weight is 821 g/mol. The van der Waals surface area contributed by atoms with Gasteiger partial charge in [-0.15, -0.1) is 0 Å². The number of benzene rings is 2. The SMILES string of the molecule is CCCCCCCCCCCCCC(=O)N(C)[C@H](CO)C(=O)N[C@H](C)C(=O)CCC(=O)N(C)[C@@H]1C(=O)C[C@@H](C)C(=O)N[C@H](C)Cc2ccc(O)c(c2)-c2cc1ccc2O. The van der Waals surface area contributed by atoms with E-state index in [9.17, 15) is 44.1 Å². The van der Waals surface area contributed by atoms with Crippen molar-refractivity contribution < 1.29 is 44.1 Å². The van der Waals surface area contributed by atoms with Crippen LogP contribution in [0.3, 0.4) is 0 Å². The van der Waals surface area contributed by atoms with Gasteiger partial charge in [0.25, 0.3) is 0 Å². The maximum Gasteiger partial charge on any atom is 0.245 e. The van der Waals surface area contributed by atoms with Crippen molar-refractivity contribution in [3.63, 3.8) is 0 Å². The fourth-order valence-electron chi connectivity index (χ4n) is 7.62. The van der Waals surface area contributed by atoms with Gasteiger partial charge < -0.3 is 35.8 Å². The van der Waals surface area contributed by atoms with Crippen LogP contribution in [0.15, 0.2) is 36.4 Å². The lowest BCUT2D eigenvalue weighted by Crippen LogP contribution is -2.53. The number of hydrogen-bond donors (Lipinski definition) is 5. The van der Waals surface area contributed by atoms with Gasteiger partial charge in [0.15, 0.2) is 11.6 Å². The van der Waals surface area contributed by atoms with E-state index in [1.54, 1.807) is 25.1 Å². The molecule has 5 atom stereocenters. The number of hydrogen-bond acceptors (Lipinski definition) is 9. The van der Waals surface area contributed by atoms with Crippen LogP contribution in [0.1, 0.15) is 141 Å². The van der Waals surface area contributed by atoms with Gasteiger partial charge in [0.2, 0.25) is 23.6 Å². The zero-order valence-corrected chi connectivity index (χ0v) is 36.1. The highest BCUT2D eigenvalue weighted by molar-refractivity contribution is 5.96. The lowest BCUT2D eigenvalue weighted by Gasteiger charge is -2.30. The molecule has 4 bridgehead atoms. The summed E-state index contributed by atoms with van der Waals surface area (Å²) < 4.78 is 0. The third kappa shape index (κ3) is 14.8. The van der Waals surface area contributed by atoms with E-state index in [1.807, 2.05) is 6.92 Å². The molecule has 0 unspecified atom stereocenters. The van der Waals surface area contributed by atoms with Crippen LogP contribution < -0.4 is 10.6 Å². The number of likely N-dealkylation sites (N-methyl/N-ethyl adjacent to an activating group) is 2. The van der Waals surface area contributed by atoms with E-state index in [2.05, 4.69) is 17.6 Å². The molecule has 0 saturated carbocycles. The van der Waals surface area contributed by atoms with Crippen LogP contribution >= 0.6 is 0 Å². The van der Waals surface area contributed by atoms with E-state index < -0.39 is 54.0 Å². The second-order valence-electron chi connectivity index (χ2n) is 16.4. The zero-order valence-electron chi connectivity index (χ0n) is 36.1. The van der Waals surface area contributed by atoms with E-state index >= 15 is 0 Å². The quantitative estimate of drug-likeness (QED) is 0.0900. The van der Waals surface area contributed by atoms with E-state index in [-0.39, 0.29) is 60.6 Å². The molecular formula is C46H68N4O9. The van der Waals surface area contributed by atoms with Crippen LogP contribution in [0, 0.1) is 5.92 Å². The van der Waals surface area contributed by atoms with Gasteiger partial charge in [-0.25, -0.2) is 0 Å². The molecule has 3 rings (SSSR count). The number of amides is 4. The summed E-state index contributed by atoms with van der Waals surface area (Å²) in [5.74, 6) is -3.72. The van der Waals surface area contributed by atoms with Gasteiger partial charge in [-0.2, -0.15) is 0 Å². The van der Waals surface area contributed by atoms with Crippen LogP contribution in [0.25, 0.3) is 11.1 Å². The Labute approximate surface area is 350 Å². The molecule has 1 aliphatic heterocycles. The third-order valence-corrected chi connectivity index (χ3v) is 11.4. The van der Waals surface area contributed by atoms with Crippen molar-refractivity contribution in [3.8, 4) is 22.6 Å². The molecule has 0 radical (unpaired) electrons. The molecule has 5 N–H and O–H groups in total. The summed E-state index contributed by atoms with van der Waals surface area (Å²) in [6.07, 6.45) is 12.5. The number of phenols is 2. The number of carbonyl (C=O) groups excluding carboxylic acids is 6. The normalized spacial score (nSPS) is 17.9. The van der Waals surface area contributed by atoms with Gasteiger partial charge in [0.05, 0.1) is 12.6 Å².